The molecule has 3 aromatic rings. The number of hydrogen-bond donors (Lipinski definition) is 2. The summed E-state index contributed by atoms with van der Waals surface area (Å²) in [5.74, 6) is -0.792. The van der Waals surface area contributed by atoms with Crippen LogP contribution in [-0.4, -0.2) is 31.3 Å². The zero-order chi connectivity index (χ0) is 17.3. The summed E-state index contributed by atoms with van der Waals surface area (Å²) in [6, 6.07) is 7.48. The fraction of sp³-hybridized carbons (Fsp3) is 0.0769. The van der Waals surface area contributed by atoms with E-state index in [0.717, 1.165) is 14.7 Å². The Hall–Kier alpha value is -1.91. The van der Waals surface area contributed by atoms with Gasteiger partial charge in [-0.05, 0) is 36.0 Å². The minimum Gasteiger partial charge on any atom is -0.277 e. The summed E-state index contributed by atoms with van der Waals surface area (Å²) in [5, 5.41) is 12.7. The van der Waals surface area contributed by atoms with Gasteiger partial charge >= 0.3 is 5.38 Å². The van der Waals surface area contributed by atoms with Crippen molar-refractivity contribution in [1.29, 1.82) is 0 Å². The second-order valence-electron chi connectivity index (χ2n) is 4.61. The molecular formula is C13H8BrClF2N6S. The first-order chi connectivity index (χ1) is 11.4. The lowest BCUT2D eigenvalue weighted by molar-refractivity contribution is 0.0805. The number of nitrogens with zero attached hydrogens (tertiary/aromatic N) is 4. The van der Waals surface area contributed by atoms with Gasteiger partial charge in [0.05, 0.1) is 18.1 Å². The van der Waals surface area contributed by atoms with Gasteiger partial charge in [0.2, 0.25) is 10.6 Å². The van der Waals surface area contributed by atoms with Gasteiger partial charge in [-0.2, -0.15) is 23.7 Å². The number of aromatic amines is 2. The van der Waals surface area contributed by atoms with Gasteiger partial charge in [-0.3, -0.25) is 5.10 Å². The van der Waals surface area contributed by atoms with Crippen LogP contribution in [-0.2, 0) is 5.38 Å². The number of aromatic nitrogens is 5. The molecule has 124 valence electrons. The smallest absolute Gasteiger partial charge is 0.277 e. The summed E-state index contributed by atoms with van der Waals surface area (Å²) in [6.45, 7) is 0. The molecule has 0 saturated heterocycles. The quantitative estimate of drug-likeness (QED) is 0.367. The molecule has 0 amide bonds. The van der Waals surface area contributed by atoms with Crippen molar-refractivity contribution in [2.45, 2.75) is 5.38 Å². The van der Waals surface area contributed by atoms with Crippen LogP contribution in [0.5, 0.6) is 0 Å². The van der Waals surface area contributed by atoms with Crippen molar-refractivity contribution < 1.29 is 8.78 Å². The van der Waals surface area contributed by atoms with E-state index in [-0.39, 0.29) is 4.77 Å². The highest BCUT2D eigenvalue weighted by Crippen LogP contribution is 2.30. The molecule has 0 aliphatic heterocycles. The molecule has 0 aliphatic rings. The Labute approximate surface area is 152 Å². The van der Waals surface area contributed by atoms with Crippen molar-refractivity contribution in [2.24, 2.45) is 5.10 Å². The van der Waals surface area contributed by atoms with E-state index in [1.807, 2.05) is 24.3 Å². The molecule has 0 radical (unpaired) electrons. The Morgan fingerprint density at radius 3 is 2.67 bits per heavy atom. The summed E-state index contributed by atoms with van der Waals surface area (Å²) in [6.07, 6.45) is 2.86. The minimum atomic E-state index is -3.70. The molecule has 1 aromatic carbocycles. The lowest BCUT2D eigenvalue weighted by Crippen LogP contribution is -2.11. The Morgan fingerprint density at radius 2 is 2.00 bits per heavy atom. The van der Waals surface area contributed by atoms with Gasteiger partial charge in [-0.1, -0.05) is 28.1 Å². The van der Waals surface area contributed by atoms with Gasteiger partial charge in [0, 0.05) is 15.6 Å². The van der Waals surface area contributed by atoms with Crippen LogP contribution >= 0.6 is 39.7 Å². The highest BCUT2D eigenvalue weighted by molar-refractivity contribution is 9.10. The number of rotatable bonds is 4. The van der Waals surface area contributed by atoms with Crippen molar-refractivity contribution in [3.63, 3.8) is 0 Å². The molecule has 11 heteroatoms. The second-order valence-corrected chi connectivity index (χ2v) is 6.39. The van der Waals surface area contributed by atoms with Crippen LogP contribution in [0.4, 0.5) is 8.78 Å². The summed E-state index contributed by atoms with van der Waals surface area (Å²) in [4.78, 5) is 0. The van der Waals surface area contributed by atoms with Gasteiger partial charge in [-0.25, -0.2) is 5.10 Å². The SMILES string of the molecule is FC(F)(Cl)c1n[nH]c(=S)n1N=Cc1cn[nH]c1-c1ccc(Br)cc1. The highest BCUT2D eigenvalue weighted by Gasteiger charge is 2.35. The average Bonchev–Trinajstić information content (AvgIpc) is 3.12. The van der Waals surface area contributed by atoms with Crippen LogP contribution < -0.4 is 0 Å². The normalized spacial score (nSPS) is 12.2. The third-order valence-corrected chi connectivity index (χ3v) is 3.98. The lowest BCUT2D eigenvalue weighted by atomic mass is 10.1. The highest BCUT2D eigenvalue weighted by atomic mass is 79.9. The third-order valence-electron chi connectivity index (χ3n) is 3.02. The topological polar surface area (TPSA) is 74.7 Å². The fourth-order valence-electron chi connectivity index (χ4n) is 1.94. The van der Waals surface area contributed by atoms with E-state index in [2.05, 4.69) is 41.4 Å². The molecule has 2 N–H and O–H groups in total. The van der Waals surface area contributed by atoms with E-state index in [1.165, 1.54) is 12.4 Å². The van der Waals surface area contributed by atoms with Crippen molar-refractivity contribution in [3.05, 3.63) is 51.1 Å². The molecule has 0 fully saturated rings. The molecule has 3 rings (SSSR count). The first-order valence-corrected chi connectivity index (χ1v) is 8.02. The lowest BCUT2D eigenvalue weighted by Gasteiger charge is -2.05. The second kappa shape index (κ2) is 6.54. The maximum atomic E-state index is 13.3. The van der Waals surface area contributed by atoms with E-state index < -0.39 is 11.2 Å². The predicted molar refractivity (Wildman–Crippen MR) is 91.9 cm³/mol. The molecule has 0 bridgehead atoms. The first kappa shape index (κ1) is 16.9. The van der Waals surface area contributed by atoms with Crippen molar-refractivity contribution in [3.8, 4) is 11.3 Å². The van der Waals surface area contributed by atoms with Crippen LogP contribution in [0.3, 0.4) is 0 Å². The standard InChI is InChI=1S/C13H8BrClF2N6S/c14-9-3-1-7(2-4-9)10-8(5-18-20-10)6-19-23-11(13(15,16)17)21-22-12(23)24/h1-6H,(H,18,20)(H,22,24). The molecule has 0 unspecified atom stereocenters. The molecule has 2 heterocycles. The molecule has 2 aromatic heterocycles. The average molecular weight is 434 g/mol. The Kier molecular flexibility index (Phi) is 4.61. The zero-order valence-electron chi connectivity index (χ0n) is 11.7. The number of benzene rings is 1. The van der Waals surface area contributed by atoms with E-state index in [4.69, 9.17) is 23.8 Å². The van der Waals surface area contributed by atoms with Gasteiger partial charge in [0.25, 0.3) is 0 Å². The van der Waals surface area contributed by atoms with Crippen LogP contribution in [0.2, 0.25) is 0 Å². The largest absolute Gasteiger partial charge is 0.383 e. The summed E-state index contributed by atoms with van der Waals surface area (Å²) in [7, 11) is 0. The minimum absolute atomic E-state index is 0.102. The van der Waals surface area contributed by atoms with Crippen molar-refractivity contribution >= 4 is 46.0 Å². The number of nitrogens with one attached hydrogen (secondary N) is 2. The van der Waals surface area contributed by atoms with Gasteiger partial charge < -0.3 is 0 Å². The summed E-state index contributed by atoms with van der Waals surface area (Å²) >= 11 is 13.2. The van der Waals surface area contributed by atoms with Crippen LogP contribution in [0.15, 0.2) is 40.0 Å². The molecule has 0 saturated carbocycles. The first-order valence-electron chi connectivity index (χ1n) is 6.44. The monoisotopic (exact) mass is 432 g/mol. The van der Waals surface area contributed by atoms with E-state index in [1.54, 1.807) is 0 Å². The number of alkyl halides is 3. The van der Waals surface area contributed by atoms with Crippen LogP contribution in [0.1, 0.15) is 11.4 Å². The summed E-state index contributed by atoms with van der Waals surface area (Å²) in [5.41, 5.74) is 2.13. The number of halogens is 4. The Balaban J connectivity index is 1.98. The van der Waals surface area contributed by atoms with E-state index in [9.17, 15) is 8.78 Å². The Bertz CT molecular complexity index is 941. The number of H-pyrrole nitrogens is 2. The van der Waals surface area contributed by atoms with Crippen molar-refractivity contribution in [1.82, 2.24) is 25.1 Å². The number of hydrogen-bond acceptors (Lipinski definition) is 4. The molecule has 6 nitrogen and oxygen atoms in total. The van der Waals surface area contributed by atoms with E-state index >= 15 is 0 Å². The van der Waals surface area contributed by atoms with Crippen LogP contribution in [0.25, 0.3) is 11.3 Å². The molecule has 0 aliphatic carbocycles. The van der Waals surface area contributed by atoms with Crippen molar-refractivity contribution in [2.75, 3.05) is 0 Å². The fourth-order valence-corrected chi connectivity index (χ4v) is 2.51. The maximum absolute atomic E-state index is 13.3. The predicted octanol–water partition coefficient (Wildman–Crippen LogP) is 4.26. The third kappa shape index (κ3) is 3.45. The maximum Gasteiger partial charge on any atom is 0.383 e. The van der Waals surface area contributed by atoms with Crippen LogP contribution in [0, 0.1) is 4.77 Å². The summed E-state index contributed by atoms with van der Waals surface area (Å²) < 4.78 is 28.2. The molecule has 0 spiro atoms. The Morgan fingerprint density at radius 1 is 1.29 bits per heavy atom. The van der Waals surface area contributed by atoms with Gasteiger partial charge in [-0.15, -0.1) is 5.10 Å². The van der Waals surface area contributed by atoms with Gasteiger partial charge in [0.15, 0.2) is 0 Å². The molecule has 24 heavy (non-hydrogen) atoms. The van der Waals surface area contributed by atoms with Gasteiger partial charge in [0.1, 0.15) is 0 Å². The zero-order valence-corrected chi connectivity index (χ0v) is 14.8. The molecule has 0 atom stereocenters. The van der Waals surface area contributed by atoms with E-state index in [0.29, 0.717) is 11.3 Å². The molecular weight excluding hydrogens is 426 g/mol.